The van der Waals surface area contributed by atoms with Crippen LogP contribution in [0.5, 0.6) is 11.5 Å². The quantitative estimate of drug-likeness (QED) is 0.763. The highest BCUT2D eigenvalue weighted by Gasteiger charge is 2.41. The zero-order valence-electron chi connectivity index (χ0n) is 17.2. The fourth-order valence-electron chi connectivity index (χ4n) is 4.98. The minimum absolute atomic E-state index is 0.0138. The molecule has 1 saturated carbocycles. The van der Waals surface area contributed by atoms with Crippen molar-refractivity contribution in [1.82, 2.24) is 4.90 Å². The summed E-state index contributed by atoms with van der Waals surface area (Å²) in [5.74, 6) is 1.29. The summed E-state index contributed by atoms with van der Waals surface area (Å²) in [5.41, 5.74) is 2.79. The molecule has 0 radical (unpaired) electrons. The molecule has 5 heteroatoms. The van der Waals surface area contributed by atoms with E-state index >= 15 is 0 Å². The van der Waals surface area contributed by atoms with Crippen molar-refractivity contribution < 1.29 is 19.1 Å². The number of carbonyl (C=O) groups is 2. The maximum atomic E-state index is 12.7. The van der Waals surface area contributed by atoms with Crippen LogP contribution in [0.25, 0.3) is 0 Å². The van der Waals surface area contributed by atoms with Gasteiger partial charge in [-0.25, -0.2) is 0 Å². The van der Waals surface area contributed by atoms with Gasteiger partial charge in [0.05, 0.1) is 12.0 Å². The maximum absolute atomic E-state index is 12.7. The average molecular weight is 405 g/mol. The Morgan fingerprint density at radius 2 is 1.87 bits per heavy atom. The lowest BCUT2D eigenvalue weighted by atomic mass is 9.78. The Kier molecular flexibility index (Phi) is 4.97. The summed E-state index contributed by atoms with van der Waals surface area (Å²) < 4.78 is 12.1. The van der Waals surface area contributed by atoms with Crippen molar-refractivity contribution in [2.24, 2.45) is 0 Å². The van der Waals surface area contributed by atoms with E-state index in [1.165, 1.54) is 17.5 Å². The normalized spacial score (nSPS) is 19.6. The monoisotopic (exact) mass is 405 g/mol. The molecule has 156 valence electrons. The van der Waals surface area contributed by atoms with Crippen LogP contribution >= 0.6 is 0 Å². The van der Waals surface area contributed by atoms with Crippen molar-refractivity contribution in [2.75, 3.05) is 13.2 Å². The number of nitrogens with zero attached hydrogens (tertiary/aromatic N) is 1. The summed E-state index contributed by atoms with van der Waals surface area (Å²) in [6.45, 7) is 1.33. The van der Waals surface area contributed by atoms with Crippen LogP contribution in [-0.2, 0) is 17.8 Å². The van der Waals surface area contributed by atoms with Crippen LogP contribution in [-0.4, -0.2) is 35.3 Å². The van der Waals surface area contributed by atoms with Gasteiger partial charge in [-0.05, 0) is 55.4 Å². The van der Waals surface area contributed by atoms with E-state index in [1.54, 1.807) is 18.2 Å². The van der Waals surface area contributed by atoms with E-state index in [0.29, 0.717) is 36.6 Å². The first-order valence-corrected chi connectivity index (χ1v) is 11.0. The predicted octanol–water partition coefficient (Wildman–Crippen LogP) is 4.32. The molecule has 0 aromatic heterocycles. The highest BCUT2D eigenvalue weighted by molar-refractivity contribution is 6.00. The highest BCUT2D eigenvalue weighted by atomic mass is 16.5. The van der Waals surface area contributed by atoms with Gasteiger partial charge in [-0.3, -0.25) is 9.59 Å². The topological polar surface area (TPSA) is 55.8 Å². The van der Waals surface area contributed by atoms with Gasteiger partial charge in [0.2, 0.25) is 0 Å². The van der Waals surface area contributed by atoms with E-state index in [9.17, 15) is 9.59 Å². The Morgan fingerprint density at radius 1 is 1.07 bits per heavy atom. The van der Waals surface area contributed by atoms with E-state index in [4.69, 9.17) is 9.47 Å². The summed E-state index contributed by atoms with van der Waals surface area (Å²) in [6.07, 6.45) is 6.61. The second-order valence-corrected chi connectivity index (χ2v) is 8.73. The van der Waals surface area contributed by atoms with E-state index in [2.05, 4.69) is 12.1 Å². The molecule has 30 heavy (non-hydrogen) atoms. The lowest BCUT2D eigenvalue weighted by Crippen LogP contribution is -2.43. The number of carbonyl (C=O) groups excluding carboxylic acids is 2. The third kappa shape index (κ3) is 3.69. The molecule has 1 aliphatic carbocycles. The van der Waals surface area contributed by atoms with Gasteiger partial charge < -0.3 is 14.4 Å². The lowest BCUT2D eigenvalue weighted by molar-refractivity contribution is -0.134. The number of hydrogen-bond donors (Lipinski definition) is 0. The van der Waals surface area contributed by atoms with Crippen molar-refractivity contribution >= 4 is 11.7 Å². The van der Waals surface area contributed by atoms with Gasteiger partial charge in [-0.2, -0.15) is 0 Å². The number of amides is 1. The van der Waals surface area contributed by atoms with Crippen LogP contribution in [0, 0.1) is 0 Å². The second kappa shape index (κ2) is 7.78. The Morgan fingerprint density at radius 3 is 2.70 bits per heavy atom. The zero-order valence-corrected chi connectivity index (χ0v) is 17.2. The fourth-order valence-corrected chi connectivity index (χ4v) is 4.98. The minimum Gasteiger partial charge on any atom is -0.486 e. The number of ketones is 1. The summed E-state index contributed by atoms with van der Waals surface area (Å²) >= 11 is 0. The smallest absolute Gasteiger partial charge is 0.260 e. The summed E-state index contributed by atoms with van der Waals surface area (Å²) in [4.78, 5) is 27.2. The van der Waals surface area contributed by atoms with Crippen molar-refractivity contribution in [3.8, 4) is 11.5 Å². The van der Waals surface area contributed by atoms with E-state index in [1.807, 2.05) is 17.0 Å². The van der Waals surface area contributed by atoms with Crippen LogP contribution in [0.2, 0.25) is 0 Å². The Hall–Kier alpha value is -2.82. The molecule has 0 saturated heterocycles. The molecule has 0 N–H and O–H groups in total. The average Bonchev–Trinajstić information content (AvgIpc) is 2.77. The molecule has 0 bridgehead atoms. The fraction of sp³-hybridized carbons (Fsp3) is 0.440. The third-order valence-corrected chi connectivity index (χ3v) is 6.67. The molecule has 0 unspecified atom stereocenters. The molecule has 1 spiro atoms. The number of benzene rings is 2. The summed E-state index contributed by atoms with van der Waals surface area (Å²) in [6, 6.07) is 13.6. The molecule has 2 aliphatic heterocycles. The molecular formula is C25H27NO4. The summed E-state index contributed by atoms with van der Waals surface area (Å²) in [7, 11) is 0. The van der Waals surface area contributed by atoms with Gasteiger partial charge in [0, 0.05) is 19.2 Å². The first kappa shape index (κ1) is 19.2. The standard InChI is InChI=1S/C25H27NO4/c27-22-15-25(11-4-1-5-12-25)30-23-14-20(8-9-21(22)23)29-17-24(28)26-13-10-18-6-2-3-7-19(18)16-26/h2-3,6-9,14H,1,4-5,10-13,15-17H2. The van der Waals surface area contributed by atoms with Gasteiger partial charge in [0.25, 0.3) is 5.91 Å². The van der Waals surface area contributed by atoms with E-state index in [-0.39, 0.29) is 23.9 Å². The Bertz CT molecular complexity index is 977. The molecule has 2 aromatic carbocycles. The molecule has 5 nitrogen and oxygen atoms in total. The predicted molar refractivity (Wildman–Crippen MR) is 113 cm³/mol. The van der Waals surface area contributed by atoms with Crippen LogP contribution < -0.4 is 9.47 Å². The molecule has 0 atom stereocenters. The largest absolute Gasteiger partial charge is 0.486 e. The van der Waals surface area contributed by atoms with Gasteiger partial charge in [-0.15, -0.1) is 0 Å². The van der Waals surface area contributed by atoms with Crippen LogP contribution in [0.15, 0.2) is 42.5 Å². The lowest BCUT2D eigenvalue weighted by Gasteiger charge is -2.40. The number of rotatable bonds is 3. The number of Topliss-reactive ketones (excluding diaryl/α,β-unsaturated/α-hetero) is 1. The SMILES string of the molecule is O=C1CC2(CCCCC2)Oc2cc(OCC(=O)N3CCc4ccccc4C3)ccc21. The van der Waals surface area contributed by atoms with E-state index < -0.39 is 0 Å². The molecule has 3 aliphatic rings. The second-order valence-electron chi connectivity index (χ2n) is 8.73. The first-order chi connectivity index (χ1) is 14.6. The van der Waals surface area contributed by atoms with Crippen LogP contribution in [0.4, 0.5) is 0 Å². The van der Waals surface area contributed by atoms with Crippen LogP contribution in [0.1, 0.15) is 60.0 Å². The third-order valence-electron chi connectivity index (χ3n) is 6.67. The molecular weight excluding hydrogens is 378 g/mol. The molecule has 2 heterocycles. The maximum Gasteiger partial charge on any atom is 0.260 e. The van der Waals surface area contributed by atoms with Crippen molar-refractivity contribution in [3.05, 3.63) is 59.2 Å². The van der Waals surface area contributed by atoms with E-state index in [0.717, 1.165) is 32.1 Å². The van der Waals surface area contributed by atoms with Gasteiger partial charge in [0.15, 0.2) is 12.4 Å². The van der Waals surface area contributed by atoms with Gasteiger partial charge >= 0.3 is 0 Å². The number of ether oxygens (including phenoxy) is 2. The molecule has 1 amide bonds. The highest BCUT2D eigenvalue weighted by Crippen LogP contribution is 2.42. The first-order valence-electron chi connectivity index (χ1n) is 11.0. The van der Waals surface area contributed by atoms with Crippen LogP contribution in [0.3, 0.4) is 0 Å². The number of fused-ring (bicyclic) bond motifs is 2. The molecule has 2 aromatic rings. The van der Waals surface area contributed by atoms with Crippen molar-refractivity contribution in [2.45, 2.75) is 57.1 Å². The van der Waals surface area contributed by atoms with Crippen molar-refractivity contribution in [3.63, 3.8) is 0 Å². The summed E-state index contributed by atoms with van der Waals surface area (Å²) in [5, 5.41) is 0. The Balaban J connectivity index is 1.25. The van der Waals surface area contributed by atoms with Crippen molar-refractivity contribution in [1.29, 1.82) is 0 Å². The minimum atomic E-state index is -0.349. The molecule has 5 rings (SSSR count). The molecule has 1 fully saturated rings. The van der Waals surface area contributed by atoms with Gasteiger partial charge in [-0.1, -0.05) is 30.7 Å². The number of hydrogen-bond acceptors (Lipinski definition) is 4. The zero-order chi connectivity index (χ0) is 20.6. The van der Waals surface area contributed by atoms with Gasteiger partial charge in [0.1, 0.15) is 17.1 Å². The Labute approximate surface area is 177 Å².